The normalized spacial score (nSPS) is 17.7. The van der Waals surface area contributed by atoms with Crippen LogP contribution in [0.5, 0.6) is 0 Å². The van der Waals surface area contributed by atoms with Crippen molar-refractivity contribution in [2.45, 2.75) is 25.7 Å². The average molecular weight is 416 g/mol. The molecule has 0 radical (unpaired) electrons. The Kier molecular flexibility index (Phi) is 5.26. The third kappa shape index (κ3) is 4.22. The second-order valence-corrected chi connectivity index (χ2v) is 7.99. The van der Waals surface area contributed by atoms with Gasteiger partial charge in [-0.05, 0) is 56.3 Å². The van der Waals surface area contributed by atoms with E-state index in [9.17, 15) is 9.59 Å². The molecule has 0 bridgehead atoms. The summed E-state index contributed by atoms with van der Waals surface area (Å²) in [5, 5.41) is 5.82. The predicted molar refractivity (Wildman–Crippen MR) is 120 cm³/mol. The van der Waals surface area contributed by atoms with Gasteiger partial charge in [-0.1, -0.05) is 18.6 Å². The Labute approximate surface area is 180 Å². The molecule has 7 heteroatoms. The Hall–Kier alpha value is -3.45. The van der Waals surface area contributed by atoms with Crippen molar-refractivity contribution in [3.8, 4) is 0 Å². The van der Waals surface area contributed by atoms with E-state index in [1.807, 2.05) is 30.3 Å². The largest absolute Gasteiger partial charge is 0.437 e. The topological polar surface area (TPSA) is 87.5 Å². The van der Waals surface area contributed by atoms with Crippen LogP contribution in [-0.4, -0.2) is 41.3 Å². The summed E-state index contributed by atoms with van der Waals surface area (Å²) in [6.07, 6.45) is 5.80. The van der Waals surface area contributed by atoms with Crippen molar-refractivity contribution >= 4 is 45.9 Å². The van der Waals surface area contributed by atoms with Crippen LogP contribution in [0.1, 0.15) is 37.1 Å². The standard InChI is InChI=1S/C24H24N4O3/c29-22(10-13-28-11-4-1-5-12-28)25-16-8-9-19-17(14-16)18(24(30)27-19)15-23-26-20-6-2-3-7-21(20)31-23/h2-3,6-9,14-15H,1,4-5,10-13H2,(H,25,29)(H,27,30)/b18-15-. The highest BCUT2D eigenvalue weighted by molar-refractivity contribution is 6.35. The fourth-order valence-electron chi connectivity index (χ4n) is 4.15. The van der Waals surface area contributed by atoms with Gasteiger partial charge in [-0.3, -0.25) is 9.59 Å². The number of carbonyl (C=O) groups is 2. The predicted octanol–water partition coefficient (Wildman–Crippen LogP) is 4.14. The van der Waals surface area contributed by atoms with Crippen molar-refractivity contribution in [3.63, 3.8) is 0 Å². The molecule has 2 aliphatic heterocycles. The van der Waals surface area contributed by atoms with Gasteiger partial charge in [0.15, 0.2) is 5.58 Å². The highest BCUT2D eigenvalue weighted by Gasteiger charge is 2.25. The van der Waals surface area contributed by atoms with Crippen LogP contribution in [0, 0.1) is 0 Å². The minimum atomic E-state index is -0.217. The summed E-state index contributed by atoms with van der Waals surface area (Å²) < 4.78 is 5.74. The summed E-state index contributed by atoms with van der Waals surface area (Å²) in [6.45, 7) is 2.92. The number of rotatable bonds is 5. The minimum absolute atomic E-state index is 0.0210. The van der Waals surface area contributed by atoms with Crippen molar-refractivity contribution < 1.29 is 14.0 Å². The number of hydrogen-bond acceptors (Lipinski definition) is 5. The molecule has 31 heavy (non-hydrogen) atoms. The van der Waals surface area contributed by atoms with E-state index in [4.69, 9.17) is 4.42 Å². The Morgan fingerprint density at radius 1 is 1.16 bits per heavy atom. The van der Waals surface area contributed by atoms with E-state index in [1.165, 1.54) is 19.3 Å². The number of nitrogens with one attached hydrogen (secondary N) is 2. The molecule has 7 nitrogen and oxygen atoms in total. The molecule has 1 fully saturated rings. The smallest absolute Gasteiger partial charge is 0.256 e. The van der Waals surface area contributed by atoms with Crippen molar-refractivity contribution in [2.75, 3.05) is 30.3 Å². The Bertz CT molecular complexity index is 1140. The van der Waals surface area contributed by atoms with E-state index < -0.39 is 0 Å². The number of likely N-dealkylation sites (tertiary alicyclic amines) is 1. The molecule has 2 aliphatic rings. The number of benzene rings is 2. The molecule has 0 saturated carbocycles. The van der Waals surface area contributed by atoms with E-state index in [0.717, 1.165) is 30.7 Å². The van der Waals surface area contributed by atoms with Gasteiger partial charge in [-0.15, -0.1) is 0 Å². The number of fused-ring (bicyclic) bond motifs is 2. The number of carbonyl (C=O) groups excluding carboxylic acids is 2. The molecule has 3 heterocycles. The molecule has 1 saturated heterocycles. The van der Waals surface area contributed by atoms with Crippen LogP contribution >= 0.6 is 0 Å². The summed E-state index contributed by atoms with van der Waals surface area (Å²) in [5.41, 5.74) is 3.97. The molecular formula is C24H24N4O3. The van der Waals surface area contributed by atoms with E-state index in [0.29, 0.717) is 34.8 Å². The van der Waals surface area contributed by atoms with Crippen molar-refractivity contribution in [1.29, 1.82) is 0 Å². The van der Waals surface area contributed by atoms with Crippen LogP contribution in [0.2, 0.25) is 0 Å². The summed E-state index contributed by atoms with van der Waals surface area (Å²) in [4.78, 5) is 31.7. The van der Waals surface area contributed by atoms with Gasteiger partial charge in [-0.2, -0.15) is 0 Å². The maximum absolute atomic E-state index is 12.5. The minimum Gasteiger partial charge on any atom is -0.437 e. The lowest BCUT2D eigenvalue weighted by Gasteiger charge is -2.25. The van der Waals surface area contributed by atoms with Gasteiger partial charge in [-0.25, -0.2) is 4.98 Å². The summed E-state index contributed by atoms with van der Waals surface area (Å²) in [5.74, 6) is 0.133. The number of aromatic nitrogens is 1. The molecule has 3 aromatic rings. The van der Waals surface area contributed by atoms with Crippen molar-refractivity contribution in [1.82, 2.24) is 9.88 Å². The van der Waals surface area contributed by atoms with Crippen LogP contribution in [0.4, 0.5) is 11.4 Å². The number of hydrogen-bond donors (Lipinski definition) is 2. The highest BCUT2D eigenvalue weighted by Crippen LogP contribution is 2.35. The Balaban J connectivity index is 1.32. The summed E-state index contributed by atoms with van der Waals surface area (Å²) in [6, 6.07) is 12.9. The van der Waals surface area contributed by atoms with Crippen LogP contribution in [0.3, 0.4) is 0 Å². The average Bonchev–Trinajstić information content (AvgIpc) is 3.33. The van der Waals surface area contributed by atoms with Gasteiger partial charge in [0, 0.05) is 36.0 Å². The molecule has 5 rings (SSSR count). The highest BCUT2D eigenvalue weighted by atomic mass is 16.3. The number of anilines is 2. The van der Waals surface area contributed by atoms with E-state index in [-0.39, 0.29) is 11.8 Å². The molecule has 1 aromatic heterocycles. The number of amides is 2. The number of para-hydroxylation sites is 2. The maximum atomic E-state index is 12.5. The molecule has 0 atom stereocenters. The van der Waals surface area contributed by atoms with Gasteiger partial charge in [0.2, 0.25) is 11.8 Å². The second kappa shape index (κ2) is 8.35. The van der Waals surface area contributed by atoms with Gasteiger partial charge in [0.05, 0.1) is 5.57 Å². The van der Waals surface area contributed by atoms with Crippen LogP contribution in [0.15, 0.2) is 46.9 Å². The van der Waals surface area contributed by atoms with E-state index in [2.05, 4.69) is 20.5 Å². The fourth-order valence-corrected chi connectivity index (χ4v) is 4.15. The molecule has 0 unspecified atom stereocenters. The van der Waals surface area contributed by atoms with Crippen molar-refractivity contribution in [2.24, 2.45) is 0 Å². The molecule has 2 amide bonds. The summed E-state index contributed by atoms with van der Waals surface area (Å²) in [7, 11) is 0. The van der Waals surface area contributed by atoms with Crippen LogP contribution in [-0.2, 0) is 9.59 Å². The lowest BCUT2D eigenvalue weighted by Crippen LogP contribution is -2.32. The molecule has 2 aromatic carbocycles. The maximum Gasteiger partial charge on any atom is 0.256 e. The zero-order chi connectivity index (χ0) is 21.2. The Morgan fingerprint density at radius 3 is 2.84 bits per heavy atom. The molecule has 0 spiro atoms. The van der Waals surface area contributed by atoms with Gasteiger partial charge in [0.25, 0.3) is 5.91 Å². The van der Waals surface area contributed by atoms with E-state index >= 15 is 0 Å². The monoisotopic (exact) mass is 416 g/mol. The molecule has 158 valence electrons. The lowest BCUT2D eigenvalue weighted by atomic mass is 10.1. The number of nitrogens with zero attached hydrogens (tertiary/aromatic N) is 2. The zero-order valence-electron chi connectivity index (χ0n) is 17.2. The van der Waals surface area contributed by atoms with Gasteiger partial charge < -0.3 is 20.0 Å². The SMILES string of the molecule is O=C(CCN1CCCCC1)Nc1ccc2c(c1)/C(=C/c1nc3ccccc3o1)C(=O)N2. The summed E-state index contributed by atoms with van der Waals surface area (Å²) >= 11 is 0. The number of oxazole rings is 1. The van der Waals surface area contributed by atoms with Gasteiger partial charge >= 0.3 is 0 Å². The zero-order valence-corrected chi connectivity index (χ0v) is 17.2. The van der Waals surface area contributed by atoms with Crippen LogP contribution < -0.4 is 10.6 Å². The number of piperidine rings is 1. The molecular weight excluding hydrogens is 392 g/mol. The third-order valence-corrected chi connectivity index (χ3v) is 5.77. The first-order valence-corrected chi connectivity index (χ1v) is 10.7. The quantitative estimate of drug-likeness (QED) is 0.611. The van der Waals surface area contributed by atoms with E-state index in [1.54, 1.807) is 18.2 Å². The second-order valence-electron chi connectivity index (χ2n) is 7.99. The first kappa shape index (κ1) is 19.5. The molecule has 0 aliphatic carbocycles. The fraction of sp³-hybridized carbons (Fsp3) is 0.292. The first-order valence-electron chi connectivity index (χ1n) is 10.7. The molecule has 2 N–H and O–H groups in total. The Morgan fingerprint density at radius 2 is 2.00 bits per heavy atom. The van der Waals surface area contributed by atoms with Gasteiger partial charge in [0.1, 0.15) is 5.52 Å². The van der Waals surface area contributed by atoms with Crippen LogP contribution in [0.25, 0.3) is 22.7 Å². The lowest BCUT2D eigenvalue weighted by molar-refractivity contribution is -0.116. The first-order chi connectivity index (χ1) is 15.2. The van der Waals surface area contributed by atoms with Crippen molar-refractivity contribution in [3.05, 3.63) is 53.9 Å². The third-order valence-electron chi connectivity index (χ3n) is 5.77.